The number of aryl methyl sites for hydroxylation is 3. The Morgan fingerprint density at radius 3 is 2.36 bits per heavy atom. The first-order valence-corrected chi connectivity index (χ1v) is 9.09. The van der Waals surface area contributed by atoms with Gasteiger partial charge in [0.1, 0.15) is 0 Å². The van der Waals surface area contributed by atoms with Crippen molar-refractivity contribution in [3.63, 3.8) is 0 Å². The Labute approximate surface area is 151 Å². The quantitative estimate of drug-likeness (QED) is 0.791. The molecule has 0 spiro atoms. The van der Waals surface area contributed by atoms with Gasteiger partial charge in [0.15, 0.2) is 5.78 Å². The second-order valence-electron chi connectivity index (χ2n) is 7.22. The Kier molecular flexibility index (Phi) is 5.24. The average Bonchev–Trinajstić information content (AvgIpc) is 2.60. The Morgan fingerprint density at radius 2 is 1.64 bits per heavy atom. The molecule has 0 aliphatic carbocycles. The third-order valence-electron chi connectivity index (χ3n) is 5.35. The highest BCUT2D eigenvalue weighted by Gasteiger charge is 2.21. The fourth-order valence-corrected chi connectivity index (χ4v) is 3.55. The second kappa shape index (κ2) is 7.40. The van der Waals surface area contributed by atoms with Gasteiger partial charge in [0.05, 0.1) is 6.54 Å². The molecule has 25 heavy (non-hydrogen) atoms. The molecule has 132 valence electrons. The molecule has 1 saturated heterocycles. The van der Waals surface area contributed by atoms with Crippen molar-refractivity contribution in [2.75, 3.05) is 37.6 Å². The summed E-state index contributed by atoms with van der Waals surface area (Å²) in [6.45, 7) is 12.8. The van der Waals surface area contributed by atoms with Crippen LogP contribution in [0, 0.1) is 27.7 Å². The normalized spacial score (nSPS) is 15.4. The van der Waals surface area contributed by atoms with Crippen molar-refractivity contribution in [1.82, 2.24) is 4.90 Å². The number of carbonyl (C=O) groups excluding carboxylic acids is 1. The van der Waals surface area contributed by atoms with Crippen molar-refractivity contribution in [2.45, 2.75) is 27.7 Å². The Morgan fingerprint density at radius 1 is 0.920 bits per heavy atom. The number of benzene rings is 2. The molecular formula is C22H28N2O. The largest absolute Gasteiger partial charge is 0.369 e. The maximum absolute atomic E-state index is 12.7. The molecule has 3 rings (SSSR count). The molecule has 1 aliphatic rings. The van der Waals surface area contributed by atoms with Crippen molar-refractivity contribution < 1.29 is 4.79 Å². The first-order valence-electron chi connectivity index (χ1n) is 9.09. The molecule has 1 aliphatic heterocycles. The van der Waals surface area contributed by atoms with Crippen LogP contribution in [0.2, 0.25) is 0 Å². The van der Waals surface area contributed by atoms with Crippen molar-refractivity contribution >= 4 is 11.5 Å². The first kappa shape index (κ1) is 17.7. The van der Waals surface area contributed by atoms with Crippen LogP contribution in [-0.2, 0) is 0 Å². The van der Waals surface area contributed by atoms with Gasteiger partial charge in [0, 0.05) is 37.4 Å². The standard InChI is InChI=1S/C22H28N2O/c1-16-8-9-18(3)20(14-16)22(25)15-23-10-12-24(13-11-23)21-7-5-6-17(2)19(21)4/h5-9,14H,10-13,15H2,1-4H3. The van der Waals surface area contributed by atoms with E-state index in [1.807, 2.05) is 26.0 Å². The van der Waals surface area contributed by atoms with E-state index in [1.165, 1.54) is 16.8 Å². The molecule has 1 fully saturated rings. The van der Waals surface area contributed by atoms with Crippen LogP contribution in [0.25, 0.3) is 0 Å². The van der Waals surface area contributed by atoms with Gasteiger partial charge in [0.25, 0.3) is 0 Å². The van der Waals surface area contributed by atoms with E-state index in [-0.39, 0.29) is 5.78 Å². The summed E-state index contributed by atoms with van der Waals surface area (Å²) in [7, 11) is 0. The highest BCUT2D eigenvalue weighted by atomic mass is 16.1. The fourth-order valence-electron chi connectivity index (χ4n) is 3.55. The van der Waals surface area contributed by atoms with Gasteiger partial charge in [-0.15, -0.1) is 0 Å². The number of ketones is 1. The SMILES string of the molecule is Cc1ccc(C)c(C(=O)CN2CCN(c3cccc(C)c3C)CC2)c1. The zero-order valence-corrected chi connectivity index (χ0v) is 15.8. The molecule has 0 aromatic heterocycles. The van der Waals surface area contributed by atoms with Crippen LogP contribution < -0.4 is 4.90 Å². The molecule has 3 nitrogen and oxygen atoms in total. The molecule has 2 aromatic rings. The zero-order valence-electron chi connectivity index (χ0n) is 15.8. The Balaban J connectivity index is 1.62. The number of rotatable bonds is 4. The molecular weight excluding hydrogens is 308 g/mol. The van der Waals surface area contributed by atoms with Crippen LogP contribution in [0.4, 0.5) is 5.69 Å². The molecule has 0 saturated carbocycles. The lowest BCUT2D eigenvalue weighted by molar-refractivity contribution is 0.0925. The van der Waals surface area contributed by atoms with Gasteiger partial charge in [-0.1, -0.05) is 29.8 Å². The van der Waals surface area contributed by atoms with Gasteiger partial charge < -0.3 is 4.90 Å². The van der Waals surface area contributed by atoms with Gasteiger partial charge in [-0.3, -0.25) is 9.69 Å². The van der Waals surface area contributed by atoms with Gasteiger partial charge in [-0.05, 0) is 56.5 Å². The lowest BCUT2D eigenvalue weighted by atomic mass is 10.0. The fraction of sp³-hybridized carbons (Fsp3) is 0.409. The molecule has 0 N–H and O–H groups in total. The van der Waals surface area contributed by atoms with Crippen LogP contribution in [0.3, 0.4) is 0 Å². The average molecular weight is 336 g/mol. The molecule has 0 atom stereocenters. The number of anilines is 1. The highest BCUT2D eigenvalue weighted by molar-refractivity contribution is 5.99. The summed E-state index contributed by atoms with van der Waals surface area (Å²) >= 11 is 0. The summed E-state index contributed by atoms with van der Waals surface area (Å²) < 4.78 is 0. The number of hydrogen-bond donors (Lipinski definition) is 0. The van der Waals surface area contributed by atoms with Gasteiger partial charge in [-0.2, -0.15) is 0 Å². The lowest BCUT2D eigenvalue weighted by Crippen LogP contribution is -2.48. The van der Waals surface area contributed by atoms with Crippen LogP contribution in [0.15, 0.2) is 36.4 Å². The van der Waals surface area contributed by atoms with Crippen LogP contribution >= 0.6 is 0 Å². The highest BCUT2D eigenvalue weighted by Crippen LogP contribution is 2.24. The van der Waals surface area contributed by atoms with Crippen molar-refractivity contribution in [3.8, 4) is 0 Å². The molecule has 2 aromatic carbocycles. The third kappa shape index (κ3) is 3.93. The Hall–Kier alpha value is -2.13. The maximum Gasteiger partial charge on any atom is 0.177 e. The van der Waals surface area contributed by atoms with Gasteiger partial charge in [0.2, 0.25) is 0 Å². The van der Waals surface area contributed by atoms with E-state index in [2.05, 4.69) is 47.9 Å². The first-order chi connectivity index (χ1) is 12.0. The molecule has 0 unspecified atom stereocenters. The summed E-state index contributed by atoms with van der Waals surface area (Å²) in [5.74, 6) is 0.237. The minimum absolute atomic E-state index is 0.237. The number of carbonyl (C=O) groups is 1. The number of piperazine rings is 1. The molecule has 1 heterocycles. The predicted octanol–water partition coefficient (Wildman–Crippen LogP) is 3.93. The van der Waals surface area contributed by atoms with Gasteiger partial charge >= 0.3 is 0 Å². The lowest BCUT2D eigenvalue weighted by Gasteiger charge is -2.36. The van der Waals surface area contributed by atoms with E-state index in [0.717, 1.165) is 42.9 Å². The molecule has 0 amide bonds. The monoisotopic (exact) mass is 336 g/mol. The summed E-state index contributed by atoms with van der Waals surface area (Å²) in [4.78, 5) is 17.4. The van der Waals surface area contributed by atoms with E-state index in [0.29, 0.717) is 6.54 Å². The maximum atomic E-state index is 12.7. The summed E-state index contributed by atoms with van der Waals surface area (Å²) in [6, 6.07) is 12.6. The van der Waals surface area contributed by atoms with E-state index in [9.17, 15) is 4.79 Å². The second-order valence-corrected chi connectivity index (χ2v) is 7.22. The summed E-state index contributed by atoms with van der Waals surface area (Å²) in [6.07, 6.45) is 0. The van der Waals surface area contributed by atoms with Gasteiger partial charge in [-0.25, -0.2) is 0 Å². The van der Waals surface area contributed by atoms with E-state index < -0.39 is 0 Å². The van der Waals surface area contributed by atoms with Crippen molar-refractivity contribution in [1.29, 1.82) is 0 Å². The van der Waals surface area contributed by atoms with E-state index >= 15 is 0 Å². The summed E-state index contributed by atoms with van der Waals surface area (Å²) in [5, 5.41) is 0. The smallest absolute Gasteiger partial charge is 0.177 e. The third-order valence-corrected chi connectivity index (χ3v) is 5.35. The van der Waals surface area contributed by atoms with Crippen molar-refractivity contribution in [2.24, 2.45) is 0 Å². The van der Waals surface area contributed by atoms with E-state index in [4.69, 9.17) is 0 Å². The number of hydrogen-bond acceptors (Lipinski definition) is 3. The number of nitrogens with zero attached hydrogens (tertiary/aromatic N) is 2. The minimum Gasteiger partial charge on any atom is -0.369 e. The van der Waals surface area contributed by atoms with Crippen LogP contribution in [-0.4, -0.2) is 43.4 Å². The van der Waals surface area contributed by atoms with Crippen LogP contribution in [0.5, 0.6) is 0 Å². The molecule has 0 bridgehead atoms. The molecule has 0 radical (unpaired) electrons. The van der Waals surface area contributed by atoms with Crippen molar-refractivity contribution in [3.05, 3.63) is 64.2 Å². The predicted molar refractivity (Wildman–Crippen MR) is 105 cm³/mol. The topological polar surface area (TPSA) is 23.6 Å². The van der Waals surface area contributed by atoms with Crippen LogP contribution in [0.1, 0.15) is 32.6 Å². The molecule has 3 heteroatoms. The zero-order chi connectivity index (χ0) is 18.0. The Bertz CT molecular complexity index is 774. The minimum atomic E-state index is 0.237. The van der Waals surface area contributed by atoms with E-state index in [1.54, 1.807) is 0 Å². The number of Topliss-reactive ketones (excluding diaryl/α,β-unsaturated/α-hetero) is 1. The summed E-state index contributed by atoms with van der Waals surface area (Å²) in [5.41, 5.74) is 7.13.